The van der Waals surface area contributed by atoms with Gasteiger partial charge in [0.05, 0.1) is 33.8 Å². The number of nitrogens with zero attached hydrogens (tertiary/aromatic N) is 1. The number of allylic oxidation sites excluding steroid dienone is 7. The van der Waals surface area contributed by atoms with E-state index in [1.807, 2.05) is 33.3 Å². The van der Waals surface area contributed by atoms with Gasteiger partial charge in [0.1, 0.15) is 19.3 Å². The zero-order chi connectivity index (χ0) is 52.2. The van der Waals surface area contributed by atoms with Crippen molar-refractivity contribution in [2.45, 2.75) is 290 Å². The normalized spacial score (nSPS) is 14.1. The number of hydrogen-bond donors (Lipinski definition) is 2. The van der Waals surface area contributed by atoms with Gasteiger partial charge < -0.3 is 19.4 Å². The highest BCUT2D eigenvalue weighted by Gasteiger charge is 2.30. The quantitative estimate of drug-likeness (QED) is 0.0156. The molecule has 0 saturated heterocycles. The lowest BCUT2D eigenvalue weighted by atomic mass is 10.0. The van der Waals surface area contributed by atoms with Crippen LogP contribution in [-0.4, -0.2) is 74.3 Å². The number of rotatable bonds is 54. The minimum Gasteiger partial charge on any atom is -0.456 e. The van der Waals surface area contributed by atoms with Gasteiger partial charge in [0.2, 0.25) is 5.91 Å². The van der Waals surface area contributed by atoms with Crippen LogP contribution in [0.3, 0.4) is 0 Å². The fourth-order valence-corrected chi connectivity index (χ4v) is 9.44. The number of carbonyl (C=O) groups excluding carboxylic acids is 2. The molecule has 10 heteroatoms. The molecule has 71 heavy (non-hydrogen) atoms. The van der Waals surface area contributed by atoms with Crippen LogP contribution in [0.2, 0.25) is 0 Å². The molecule has 0 spiro atoms. The summed E-state index contributed by atoms with van der Waals surface area (Å²) < 4.78 is 30.7. The smallest absolute Gasteiger partial charge is 0.456 e. The van der Waals surface area contributed by atoms with Gasteiger partial charge in [0, 0.05) is 12.8 Å². The Kier molecular flexibility index (Phi) is 50.0. The molecule has 3 atom stereocenters. The zero-order valence-electron chi connectivity index (χ0n) is 47.5. The Hall–Kier alpha value is -2.03. The SMILES string of the molecule is CC/C=C/C=C/C=C/CCCCCCCCCC(=O)NC(COP(=O)(O)OCC[N+](C)(C)C)C(/C=C/CCCCCCCCCCCCC)OC(=O)CCCCCCCCCCCCCCCCCCC. The molecule has 0 fully saturated rings. The van der Waals surface area contributed by atoms with Gasteiger partial charge in [0.25, 0.3) is 0 Å². The van der Waals surface area contributed by atoms with Gasteiger partial charge in [0.15, 0.2) is 0 Å². The molecule has 2 N–H and O–H groups in total. The first-order valence-electron chi connectivity index (χ1n) is 30.0. The maximum Gasteiger partial charge on any atom is 0.472 e. The monoisotopic (exact) mass is 1020 g/mol. The average Bonchev–Trinajstić information content (AvgIpc) is 3.33. The van der Waals surface area contributed by atoms with Crippen LogP contribution in [0.5, 0.6) is 0 Å². The molecule has 0 aliphatic heterocycles. The summed E-state index contributed by atoms with van der Waals surface area (Å²) in [6, 6.07) is -0.851. The zero-order valence-corrected chi connectivity index (χ0v) is 48.4. The summed E-state index contributed by atoms with van der Waals surface area (Å²) in [4.78, 5) is 37.6. The molecule has 9 nitrogen and oxygen atoms in total. The third kappa shape index (κ3) is 52.6. The van der Waals surface area contributed by atoms with Gasteiger partial charge >= 0.3 is 13.8 Å². The summed E-state index contributed by atoms with van der Waals surface area (Å²) in [5, 5.41) is 3.05. The number of quaternary nitrogens is 1. The predicted octanol–water partition coefficient (Wildman–Crippen LogP) is 18.1. The molecule has 0 rings (SSSR count). The number of carbonyl (C=O) groups is 2. The number of unbranched alkanes of at least 4 members (excludes halogenated alkanes) is 34. The molecule has 0 aliphatic carbocycles. The van der Waals surface area contributed by atoms with Gasteiger partial charge in [-0.25, -0.2) is 4.57 Å². The molecular weight excluding hydrogens is 904 g/mol. The van der Waals surface area contributed by atoms with Crippen LogP contribution in [0.1, 0.15) is 278 Å². The Bertz CT molecular complexity index is 1360. The number of likely N-dealkylation sites (N-methyl/N-ethyl adjacent to an activating group) is 1. The molecule has 0 aliphatic rings. The van der Waals surface area contributed by atoms with Crippen LogP contribution in [0.4, 0.5) is 0 Å². The minimum absolute atomic E-state index is 0.0385. The van der Waals surface area contributed by atoms with Gasteiger partial charge in [-0.15, -0.1) is 0 Å². The number of esters is 1. The van der Waals surface area contributed by atoms with Crippen LogP contribution < -0.4 is 5.32 Å². The molecule has 1 amide bonds. The van der Waals surface area contributed by atoms with Gasteiger partial charge in [-0.1, -0.05) is 262 Å². The molecule has 0 aromatic rings. The van der Waals surface area contributed by atoms with E-state index in [4.69, 9.17) is 13.8 Å². The van der Waals surface area contributed by atoms with Crippen molar-refractivity contribution in [3.63, 3.8) is 0 Å². The lowest BCUT2D eigenvalue weighted by Gasteiger charge is -2.27. The Morgan fingerprint density at radius 1 is 0.507 bits per heavy atom. The first kappa shape index (κ1) is 69.0. The number of ether oxygens (including phenoxy) is 1. The number of phosphoric acid groups is 1. The van der Waals surface area contributed by atoms with E-state index < -0.39 is 20.0 Å². The summed E-state index contributed by atoms with van der Waals surface area (Å²) >= 11 is 0. The fourth-order valence-electron chi connectivity index (χ4n) is 8.71. The molecule has 0 heterocycles. The second-order valence-corrected chi connectivity index (χ2v) is 23.0. The highest BCUT2D eigenvalue weighted by atomic mass is 31.2. The van der Waals surface area contributed by atoms with Gasteiger partial charge in [-0.3, -0.25) is 18.6 Å². The van der Waals surface area contributed by atoms with Gasteiger partial charge in [-0.05, 0) is 51.0 Å². The topological polar surface area (TPSA) is 111 Å². The predicted molar refractivity (Wildman–Crippen MR) is 305 cm³/mol. The van der Waals surface area contributed by atoms with Crippen LogP contribution in [0.15, 0.2) is 48.6 Å². The molecule has 0 aromatic carbocycles. The maximum atomic E-state index is 13.5. The van der Waals surface area contributed by atoms with Crippen LogP contribution >= 0.6 is 7.82 Å². The Balaban J connectivity index is 5.32. The van der Waals surface area contributed by atoms with E-state index in [0.29, 0.717) is 23.9 Å². The van der Waals surface area contributed by atoms with E-state index in [0.717, 1.165) is 77.0 Å². The maximum absolute atomic E-state index is 13.5. The fraction of sp³-hybridized carbons (Fsp3) is 0.836. The number of nitrogens with one attached hydrogen (secondary N) is 1. The van der Waals surface area contributed by atoms with Crippen molar-refractivity contribution in [1.82, 2.24) is 5.32 Å². The van der Waals surface area contributed by atoms with Crippen LogP contribution in [-0.2, 0) is 27.9 Å². The minimum atomic E-state index is -4.45. The summed E-state index contributed by atoms with van der Waals surface area (Å²) in [7, 11) is 1.49. The molecule has 0 radical (unpaired) electrons. The largest absolute Gasteiger partial charge is 0.472 e. The van der Waals surface area contributed by atoms with Crippen molar-refractivity contribution in [2.24, 2.45) is 0 Å². The van der Waals surface area contributed by atoms with E-state index in [1.165, 1.54) is 167 Å². The molecule has 416 valence electrons. The van der Waals surface area contributed by atoms with Gasteiger partial charge in [-0.2, -0.15) is 0 Å². The lowest BCUT2D eigenvalue weighted by molar-refractivity contribution is -0.870. The second-order valence-electron chi connectivity index (χ2n) is 21.6. The van der Waals surface area contributed by atoms with Crippen molar-refractivity contribution in [2.75, 3.05) is 40.9 Å². The standard InChI is InChI=1S/C61H115N2O7P/c1-7-10-13-16-19-22-25-28-30-31-33-36-39-42-45-48-51-54-61(65)70-59(52-49-46-43-40-37-34-27-24-21-18-15-12-9-3)58(57-69-71(66,67)68-56-55-63(4,5)6)62-60(64)53-50-47-44-41-38-35-32-29-26-23-20-17-14-11-8-2/h11,14,17,20,23,26,49,52,58-59H,7-10,12-13,15-16,18-19,21-22,24-25,27-48,50-51,53-57H2,1-6H3,(H-,62,64,66,67)/p+1/b14-11+,20-17+,26-23+,52-49+. The summed E-state index contributed by atoms with van der Waals surface area (Å²) in [6.45, 7) is 6.90. The molecule has 0 aromatic heterocycles. The summed E-state index contributed by atoms with van der Waals surface area (Å²) in [5.41, 5.74) is 0. The van der Waals surface area contributed by atoms with Crippen LogP contribution in [0.25, 0.3) is 0 Å². The average molecular weight is 1020 g/mol. The second kappa shape index (κ2) is 51.5. The van der Waals surface area contributed by atoms with E-state index in [-0.39, 0.29) is 25.1 Å². The Labute approximate surface area is 439 Å². The first-order valence-corrected chi connectivity index (χ1v) is 31.5. The lowest BCUT2D eigenvalue weighted by Crippen LogP contribution is -2.47. The number of phosphoric ester groups is 1. The Morgan fingerprint density at radius 3 is 1.34 bits per heavy atom. The third-order valence-electron chi connectivity index (χ3n) is 13.3. The number of hydrogen-bond acceptors (Lipinski definition) is 6. The van der Waals surface area contributed by atoms with E-state index in [1.54, 1.807) is 0 Å². The van der Waals surface area contributed by atoms with Crippen LogP contribution in [0, 0.1) is 0 Å². The van der Waals surface area contributed by atoms with Crippen molar-refractivity contribution < 1.29 is 37.3 Å². The summed E-state index contributed by atoms with van der Waals surface area (Å²) in [5.74, 6) is -0.509. The third-order valence-corrected chi connectivity index (χ3v) is 14.3. The molecule has 0 bridgehead atoms. The van der Waals surface area contributed by atoms with E-state index >= 15 is 0 Å². The van der Waals surface area contributed by atoms with E-state index in [9.17, 15) is 19.0 Å². The highest BCUT2D eigenvalue weighted by molar-refractivity contribution is 7.47. The summed E-state index contributed by atoms with van der Waals surface area (Å²) in [6.07, 6.45) is 62.4. The van der Waals surface area contributed by atoms with Crippen molar-refractivity contribution in [3.05, 3.63) is 48.6 Å². The van der Waals surface area contributed by atoms with Crippen molar-refractivity contribution in [1.29, 1.82) is 0 Å². The molecule has 0 saturated carbocycles. The van der Waals surface area contributed by atoms with Crippen molar-refractivity contribution in [3.8, 4) is 0 Å². The number of amides is 1. The van der Waals surface area contributed by atoms with E-state index in [2.05, 4.69) is 62.5 Å². The Morgan fingerprint density at radius 2 is 0.901 bits per heavy atom. The first-order chi connectivity index (χ1) is 34.4. The molecule has 3 unspecified atom stereocenters. The van der Waals surface area contributed by atoms with Crippen molar-refractivity contribution >= 4 is 19.7 Å². The highest BCUT2D eigenvalue weighted by Crippen LogP contribution is 2.43. The molecular formula is C61H116N2O7P+.